The van der Waals surface area contributed by atoms with Crippen LogP contribution in [0, 0.1) is 0 Å². The fourth-order valence-corrected chi connectivity index (χ4v) is 2.55. The Hall–Kier alpha value is -2.50. The SMILES string of the molecule is C=CC(=O)N1CCCC(NC(=O)c2ccc(N)c(OC)c2)C1. The lowest BCUT2D eigenvalue weighted by Crippen LogP contribution is -2.49. The summed E-state index contributed by atoms with van der Waals surface area (Å²) in [6, 6.07) is 4.85. The third-order valence-electron chi connectivity index (χ3n) is 3.74. The van der Waals surface area contributed by atoms with E-state index in [4.69, 9.17) is 10.5 Å². The molecule has 2 rings (SSSR count). The highest BCUT2D eigenvalue weighted by molar-refractivity contribution is 5.95. The van der Waals surface area contributed by atoms with Crippen LogP contribution in [-0.4, -0.2) is 43.0 Å². The summed E-state index contributed by atoms with van der Waals surface area (Å²) in [5.74, 6) is 0.170. The van der Waals surface area contributed by atoms with E-state index in [0.717, 1.165) is 12.8 Å². The van der Waals surface area contributed by atoms with Gasteiger partial charge in [-0.05, 0) is 37.1 Å². The van der Waals surface area contributed by atoms with Crippen LogP contribution in [0.25, 0.3) is 0 Å². The second-order valence-corrected chi connectivity index (χ2v) is 5.26. The molecule has 1 aliphatic heterocycles. The number of amides is 2. The monoisotopic (exact) mass is 303 g/mol. The van der Waals surface area contributed by atoms with E-state index < -0.39 is 0 Å². The molecule has 1 unspecified atom stereocenters. The minimum Gasteiger partial charge on any atom is -0.495 e. The van der Waals surface area contributed by atoms with Gasteiger partial charge in [-0.3, -0.25) is 9.59 Å². The summed E-state index contributed by atoms with van der Waals surface area (Å²) in [5, 5.41) is 2.95. The van der Waals surface area contributed by atoms with Gasteiger partial charge in [-0.1, -0.05) is 6.58 Å². The lowest BCUT2D eigenvalue weighted by atomic mass is 10.0. The Morgan fingerprint density at radius 2 is 2.27 bits per heavy atom. The first kappa shape index (κ1) is 15.9. The molecule has 1 saturated heterocycles. The van der Waals surface area contributed by atoms with Gasteiger partial charge in [0.15, 0.2) is 0 Å². The van der Waals surface area contributed by atoms with E-state index in [1.54, 1.807) is 23.1 Å². The molecule has 1 aliphatic rings. The van der Waals surface area contributed by atoms with Crippen LogP contribution < -0.4 is 15.8 Å². The lowest BCUT2D eigenvalue weighted by molar-refractivity contribution is -0.127. The molecule has 22 heavy (non-hydrogen) atoms. The second kappa shape index (κ2) is 6.98. The van der Waals surface area contributed by atoms with E-state index >= 15 is 0 Å². The quantitative estimate of drug-likeness (QED) is 0.646. The average molecular weight is 303 g/mol. The van der Waals surface area contributed by atoms with E-state index in [1.807, 2.05) is 0 Å². The third kappa shape index (κ3) is 3.58. The van der Waals surface area contributed by atoms with Crippen molar-refractivity contribution in [1.29, 1.82) is 0 Å². The van der Waals surface area contributed by atoms with E-state index in [2.05, 4.69) is 11.9 Å². The van der Waals surface area contributed by atoms with Gasteiger partial charge in [-0.2, -0.15) is 0 Å². The van der Waals surface area contributed by atoms with Gasteiger partial charge in [-0.25, -0.2) is 0 Å². The molecule has 0 aliphatic carbocycles. The highest BCUT2D eigenvalue weighted by Gasteiger charge is 2.24. The van der Waals surface area contributed by atoms with Gasteiger partial charge in [0.25, 0.3) is 5.91 Å². The molecule has 6 nitrogen and oxygen atoms in total. The standard InChI is InChI=1S/C16H21N3O3/c1-3-15(20)19-8-4-5-12(10-19)18-16(21)11-6-7-13(17)14(9-11)22-2/h3,6-7,9,12H,1,4-5,8,10,17H2,2H3,(H,18,21). The number of likely N-dealkylation sites (tertiary alicyclic amines) is 1. The van der Waals surface area contributed by atoms with Crippen LogP contribution >= 0.6 is 0 Å². The normalized spacial score (nSPS) is 17.7. The molecule has 0 aromatic heterocycles. The fraction of sp³-hybridized carbons (Fsp3) is 0.375. The molecule has 0 bridgehead atoms. The van der Waals surface area contributed by atoms with E-state index in [1.165, 1.54) is 13.2 Å². The first-order chi connectivity index (χ1) is 10.5. The summed E-state index contributed by atoms with van der Waals surface area (Å²) in [7, 11) is 1.51. The third-order valence-corrected chi connectivity index (χ3v) is 3.74. The number of benzene rings is 1. The van der Waals surface area contributed by atoms with E-state index in [0.29, 0.717) is 30.1 Å². The number of hydrogen-bond acceptors (Lipinski definition) is 4. The molecule has 0 spiro atoms. The van der Waals surface area contributed by atoms with Crippen molar-refractivity contribution in [3.63, 3.8) is 0 Å². The summed E-state index contributed by atoms with van der Waals surface area (Å²) in [6.45, 7) is 4.70. The zero-order valence-electron chi connectivity index (χ0n) is 12.7. The van der Waals surface area contributed by atoms with Crippen molar-refractivity contribution in [2.24, 2.45) is 0 Å². The molecule has 6 heteroatoms. The zero-order valence-corrected chi connectivity index (χ0v) is 12.7. The molecule has 3 N–H and O–H groups in total. The minimum atomic E-state index is -0.198. The summed E-state index contributed by atoms with van der Waals surface area (Å²) in [6.07, 6.45) is 3.00. The van der Waals surface area contributed by atoms with Crippen molar-refractivity contribution in [2.45, 2.75) is 18.9 Å². The maximum absolute atomic E-state index is 12.3. The highest BCUT2D eigenvalue weighted by atomic mass is 16.5. The molecule has 118 valence electrons. The molecule has 1 fully saturated rings. The first-order valence-corrected chi connectivity index (χ1v) is 7.21. The van der Waals surface area contributed by atoms with E-state index in [-0.39, 0.29) is 17.9 Å². The molecule has 2 amide bonds. The number of methoxy groups -OCH3 is 1. The fourth-order valence-electron chi connectivity index (χ4n) is 2.55. The molecule has 1 atom stereocenters. The summed E-state index contributed by atoms with van der Waals surface area (Å²) >= 11 is 0. The zero-order chi connectivity index (χ0) is 16.1. The number of hydrogen-bond donors (Lipinski definition) is 2. The number of carbonyl (C=O) groups is 2. The van der Waals surface area contributed by atoms with Crippen LogP contribution in [0.4, 0.5) is 5.69 Å². The van der Waals surface area contributed by atoms with Gasteiger partial charge in [0.1, 0.15) is 5.75 Å². The number of ether oxygens (including phenoxy) is 1. The summed E-state index contributed by atoms with van der Waals surface area (Å²) < 4.78 is 5.12. The Morgan fingerprint density at radius 3 is 2.95 bits per heavy atom. The Kier molecular flexibility index (Phi) is 5.04. The number of rotatable bonds is 4. The smallest absolute Gasteiger partial charge is 0.251 e. The van der Waals surface area contributed by atoms with Gasteiger partial charge in [0.05, 0.1) is 12.8 Å². The van der Waals surface area contributed by atoms with Crippen molar-refractivity contribution in [3.8, 4) is 5.75 Å². The Balaban J connectivity index is 2.02. The predicted octanol–water partition coefficient (Wildman–Crippen LogP) is 1.18. The largest absolute Gasteiger partial charge is 0.495 e. The van der Waals surface area contributed by atoms with Crippen molar-refractivity contribution >= 4 is 17.5 Å². The van der Waals surface area contributed by atoms with Crippen LogP contribution in [0.15, 0.2) is 30.9 Å². The van der Waals surface area contributed by atoms with Gasteiger partial charge < -0.3 is 20.7 Å². The Labute approximate surface area is 129 Å². The van der Waals surface area contributed by atoms with E-state index in [9.17, 15) is 9.59 Å². The molecular weight excluding hydrogens is 282 g/mol. The van der Waals surface area contributed by atoms with Crippen LogP contribution in [0.2, 0.25) is 0 Å². The number of nitrogens with zero attached hydrogens (tertiary/aromatic N) is 1. The Morgan fingerprint density at radius 1 is 1.50 bits per heavy atom. The van der Waals surface area contributed by atoms with Gasteiger partial charge >= 0.3 is 0 Å². The number of nitrogen functional groups attached to an aromatic ring is 1. The van der Waals surface area contributed by atoms with Crippen molar-refractivity contribution in [3.05, 3.63) is 36.4 Å². The average Bonchev–Trinajstić information content (AvgIpc) is 2.54. The maximum atomic E-state index is 12.3. The van der Waals surface area contributed by atoms with Gasteiger partial charge in [-0.15, -0.1) is 0 Å². The van der Waals surface area contributed by atoms with Crippen molar-refractivity contribution in [2.75, 3.05) is 25.9 Å². The number of nitrogens with two attached hydrogens (primary N) is 1. The lowest BCUT2D eigenvalue weighted by Gasteiger charge is -2.32. The summed E-state index contributed by atoms with van der Waals surface area (Å²) in [4.78, 5) is 25.7. The van der Waals surface area contributed by atoms with Crippen LogP contribution in [0.5, 0.6) is 5.75 Å². The predicted molar refractivity (Wildman–Crippen MR) is 84.7 cm³/mol. The first-order valence-electron chi connectivity index (χ1n) is 7.21. The molecule has 1 heterocycles. The second-order valence-electron chi connectivity index (χ2n) is 5.26. The van der Waals surface area contributed by atoms with Crippen LogP contribution in [0.1, 0.15) is 23.2 Å². The van der Waals surface area contributed by atoms with Crippen molar-refractivity contribution in [1.82, 2.24) is 10.2 Å². The highest BCUT2D eigenvalue weighted by Crippen LogP contribution is 2.22. The minimum absolute atomic E-state index is 0.0614. The topological polar surface area (TPSA) is 84.7 Å². The summed E-state index contributed by atoms with van der Waals surface area (Å²) in [5.41, 5.74) is 6.71. The molecule has 0 radical (unpaired) electrons. The number of nitrogens with one attached hydrogen (secondary N) is 1. The number of anilines is 1. The van der Waals surface area contributed by atoms with Gasteiger partial charge in [0, 0.05) is 24.7 Å². The van der Waals surface area contributed by atoms with Gasteiger partial charge in [0.2, 0.25) is 5.91 Å². The maximum Gasteiger partial charge on any atom is 0.251 e. The number of carbonyl (C=O) groups excluding carboxylic acids is 2. The van der Waals surface area contributed by atoms with Crippen LogP contribution in [-0.2, 0) is 4.79 Å². The van der Waals surface area contributed by atoms with Crippen LogP contribution in [0.3, 0.4) is 0 Å². The Bertz CT molecular complexity index is 586. The molecular formula is C16H21N3O3. The number of piperidine rings is 1. The molecule has 0 saturated carbocycles. The molecule has 1 aromatic carbocycles. The van der Waals surface area contributed by atoms with Crippen molar-refractivity contribution < 1.29 is 14.3 Å². The molecule has 1 aromatic rings.